The summed E-state index contributed by atoms with van der Waals surface area (Å²) in [4.78, 5) is 13.3. The number of nitro groups is 1. The zero-order valence-electron chi connectivity index (χ0n) is 14.4. The van der Waals surface area contributed by atoms with Crippen molar-refractivity contribution in [3.8, 4) is 0 Å². The van der Waals surface area contributed by atoms with Crippen molar-refractivity contribution in [2.45, 2.75) is 6.92 Å². The van der Waals surface area contributed by atoms with Crippen molar-refractivity contribution in [3.05, 3.63) is 45.0 Å². The lowest BCUT2D eigenvalue weighted by atomic mass is 10.1. The summed E-state index contributed by atoms with van der Waals surface area (Å²) in [6.07, 6.45) is 0. The van der Waals surface area contributed by atoms with E-state index in [1.807, 2.05) is 13.0 Å². The van der Waals surface area contributed by atoms with Gasteiger partial charge in [0.25, 0.3) is 0 Å². The summed E-state index contributed by atoms with van der Waals surface area (Å²) in [7, 11) is 0. The molecule has 1 aliphatic heterocycles. The van der Waals surface area contributed by atoms with Crippen molar-refractivity contribution in [2.75, 3.05) is 36.5 Å². The van der Waals surface area contributed by atoms with E-state index >= 15 is 0 Å². The Hall–Kier alpha value is -2.91. The molecule has 9 nitrogen and oxygen atoms in total. The van der Waals surface area contributed by atoms with Crippen LogP contribution >= 0.6 is 11.6 Å². The average Bonchev–Trinajstić information content (AvgIpc) is 3.13. The van der Waals surface area contributed by atoms with E-state index in [1.54, 1.807) is 18.2 Å². The first kappa shape index (κ1) is 17.5. The lowest BCUT2D eigenvalue weighted by Crippen LogP contribution is -2.36. The van der Waals surface area contributed by atoms with Crippen LogP contribution < -0.4 is 10.2 Å². The van der Waals surface area contributed by atoms with Crippen LogP contribution in [0, 0.1) is 17.0 Å². The number of morpholine rings is 1. The Kier molecular flexibility index (Phi) is 4.54. The normalized spacial score (nSPS) is 14.5. The van der Waals surface area contributed by atoms with Gasteiger partial charge in [0.05, 0.1) is 23.8 Å². The summed E-state index contributed by atoms with van der Waals surface area (Å²) in [5, 5.41) is 23.1. The molecule has 1 N–H and O–H groups in total. The number of benzene rings is 2. The van der Waals surface area contributed by atoms with Crippen LogP contribution in [0.2, 0.25) is 5.02 Å². The number of fused-ring (bicyclic) bond motifs is 1. The van der Waals surface area contributed by atoms with Gasteiger partial charge in [-0.05, 0) is 41.0 Å². The molecule has 0 radical (unpaired) electrons. The van der Waals surface area contributed by atoms with Crippen LogP contribution in [0.1, 0.15) is 5.56 Å². The first-order valence-corrected chi connectivity index (χ1v) is 8.72. The highest BCUT2D eigenvalue weighted by atomic mass is 35.5. The van der Waals surface area contributed by atoms with Crippen molar-refractivity contribution < 1.29 is 14.3 Å². The number of nitrogens with zero attached hydrogens (tertiary/aromatic N) is 4. The fourth-order valence-corrected chi connectivity index (χ4v) is 3.28. The minimum absolute atomic E-state index is 0.103. The third kappa shape index (κ3) is 3.26. The van der Waals surface area contributed by atoms with Crippen molar-refractivity contribution in [2.24, 2.45) is 0 Å². The van der Waals surface area contributed by atoms with Gasteiger partial charge in [-0.1, -0.05) is 17.7 Å². The van der Waals surface area contributed by atoms with Gasteiger partial charge < -0.3 is 15.0 Å². The Balaban J connectivity index is 1.88. The molecule has 0 amide bonds. The van der Waals surface area contributed by atoms with Crippen molar-refractivity contribution in [1.29, 1.82) is 0 Å². The second-order valence-electron chi connectivity index (χ2n) is 6.19. The van der Waals surface area contributed by atoms with Crippen LogP contribution in [0.25, 0.3) is 11.0 Å². The molecule has 1 saturated heterocycles. The number of ether oxygens (including phenoxy) is 1. The molecule has 0 spiro atoms. The standard InChI is InChI=1S/C17H16ClN5O4/c1-10-2-3-11(18)8-12(10)19-13-9-14(22-4-6-26-7-5-22)15-16(21-27-20-15)17(13)23(24)25/h2-3,8-9,19H,4-7H2,1H3. The third-order valence-electron chi connectivity index (χ3n) is 4.49. The summed E-state index contributed by atoms with van der Waals surface area (Å²) in [6, 6.07) is 7.03. The van der Waals surface area contributed by atoms with Crippen LogP contribution in [0.4, 0.5) is 22.7 Å². The predicted molar refractivity (Wildman–Crippen MR) is 101 cm³/mol. The summed E-state index contributed by atoms with van der Waals surface area (Å²) in [5.41, 5.74) is 2.86. The smallest absolute Gasteiger partial charge is 0.324 e. The molecule has 140 valence electrons. The van der Waals surface area contributed by atoms with Gasteiger partial charge in [0.1, 0.15) is 5.69 Å². The van der Waals surface area contributed by atoms with E-state index in [1.165, 1.54) is 0 Å². The average molecular weight is 390 g/mol. The molecule has 0 atom stereocenters. The molecule has 3 aromatic rings. The number of aromatic nitrogens is 2. The fraction of sp³-hybridized carbons (Fsp3) is 0.294. The molecule has 0 unspecified atom stereocenters. The number of nitrogens with one attached hydrogen (secondary N) is 1. The van der Waals surface area contributed by atoms with Gasteiger partial charge in [-0.3, -0.25) is 10.1 Å². The molecule has 10 heteroatoms. The highest BCUT2D eigenvalue weighted by Gasteiger charge is 2.28. The van der Waals surface area contributed by atoms with Gasteiger partial charge >= 0.3 is 5.69 Å². The summed E-state index contributed by atoms with van der Waals surface area (Å²) < 4.78 is 10.2. The van der Waals surface area contributed by atoms with Crippen LogP contribution in [-0.2, 0) is 4.74 Å². The SMILES string of the molecule is Cc1ccc(Cl)cc1Nc1cc(N2CCOCC2)c2nonc2c1[N+](=O)[O-]. The topological polar surface area (TPSA) is 107 Å². The Bertz CT molecular complexity index is 1020. The van der Waals surface area contributed by atoms with Gasteiger partial charge in [-0.25, -0.2) is 4.63 Å². The number of anilines is 3. The van der Waals surface area contributed by atoms with Gasteiger partial charge in [0.2, 0.25) is 5.52 Å². The Morgan fingerprint density at radius 1 is 1.19 bits per heavy atom. The second kappa shape index (κ2) is 7.01. The predicted octanol–water partition coefficient (Wildman–Crippen LogP) is 3.67. The second-order valence-corrected chi connectivity index (χ2v) is 6.63. The Labute approximate surface area is 159 Å². The molecule has 0 bridgehead atoms. The third-order valence-corrected chi connectivity index (χ3v) is 4.73. The maximum atomic E-state index is 11.8. The van der Waals surface area contributed by atoms with E-state index in [2.05, 4.69) is 20.5 Å². The zero-order chi connectivity index (χ0) is 19.0. The first-order valence-electron chi connectivity index (χ1n) is 8.34. The molecule has 0 aliphatic carbocycles. The quantitative estimate of drug-likeness (QED) is 0.532. The summed E-state index contributed by atoms with van der Waals surface area (Å²) in [5.74, 6) is 0. The molecular formula is C17H16ClN5O4. The maximum absolute atomic E-state index is 11.8. The first-order chi connectivity index (χ1) is 13.0. The van der Waals surface area contributed by atoms with E-state index in [0.717, 1.165) is 5.56 Å². The Morgan fingerprint density at radius 3 is 2.67 bits per heavy atom. The lowest BCUT2D eigenvalue weighted by molar-refractivity contribution is -0.382. The molecule has 1 fully saturated rings. The van der Waals surface area contributed by atoms with Gasteiger partial charge in [0, 0.05) is 23.8 Å². The number of aryl methyl sites for hydroxylation is 1. The van der Waals surface area contributed by atoms with E-state index in [0.29, 0.717) is 53.9 Å². The van der Waals surface area contributed by atoms with Crippen LogP contribution in [0.5, 0.6) is 0 Å². The minimum atomic E-state index is -0.488. The molecule has 0 saturated carbocycles. The highest BCUT2D eigenvalue weighted by molar-refractivity contribution is 6.30. The van der Waals surface area contributed by atoms with Gasteiger partial charge in [-0.2, -0.15) is 0 Å². The number of nitro benzene ring substituents is 1. The fourth-order valence-electron chi connectivity index (χ4n) is 3.11. The lowest BCUT2D eigenvalue weighted by Gasteiger charge is -2.29. The molecule has 2 heterocycles. The van der Waals surface area contributed by atoms with Gasteiger partial charge in [0.15, 0.2) is 5.52 Å². The Morgan fingerprint density at radius 2 is 1.93 bits per heavy atom. The van der Waals surface area contributed by atoms with Crippen molar-refractivity contribution >= 4 is 45.4 Å². The molecule has 27 heavy (non-hydrogen) atoms. The van der Waals surface area contributed by atoms with Crippen LogP contribution in [-0.4, -0.2) is 41.5 Å². The van der Waals surface area contributed by atoms with E-state index in [4.69, 9.17) is 21.0 Å². The van der Waals surface area contributed by atoms with Crippen LogP contribution in [0.15, 0.2) is 28.9 Å². The highest BCUT2D eigenvalue weighted by Crippen LogP contribution is 2.40. The molecule has 1 aliphatic rings. The van der Waals surface area contributed by atoms with Gasteiger partial charge in [-0.15, -0.1) is 0 Å². The number of hydrogen-bond acceptors (Lipinski definition) is 8. The van der Waals surface area contributed by atoms with Crippen molar-refractivity contribution in [3.63, 3.8) is 0 Å². The zero-order valence-corrected chi connectivity index (χ0v) is 15.2. The van der Waals surface area contributed by atoms with E-state index in [9.17, 15) is 10.1 Å². The summed E-state index contributed by atoms with van der Waals surface area (Å²) in [6.45, 7) is 4.33. The largest absolute Gasteiger partial charge is 0.378 e. The molecule has 2 aromatic carbocycles. The van der Waals surface area contributed by atoms with Crippen molar-refractivity contribution in [1.82, 2.24) is 10.3 Å². The molecule has 4 rings (SSSR count). The van der Waals surface area contributed by atoms with E-state index < -0.39 is 4.92 Å². The van der Waals surface area contributed by atoms with Crippen LogP contribution in [0.3, 0.4) is 0 Å². The number of halogens is 1. The number of hydrogen-bond donors (Lipinski definition) is 1. The molecular weight excluding hydrogens is 374 g/mol. The minimum Gasteiger partial charge on any atom is -0.378 e. The summed E-state index contributed by atoms with van der Waals surface area (Å²) >= 11 is 6.08. The maximum Gasteiger partial charge on any atom is 0.324 e. The number of rotatable bonds is 4. The monoisotopic (exact) mass is 389 g/mol. The molecule has 1 aromatic heterocycles. The van der Waals surface area contributed by atoms with E-state index in [-0.39, 0.29) is 11.2 Å².